The van der Waals surface area contributed by atoms with E-state index >= 15 is 0 Å². The molecule has 0 unspecified atom stereocenters. The molecule has 2 aromatic rings. The number of nitrogens with zero attached hydrogens (tertiary/aromatic N) is 1. The molecule has 0 saturated carbocycles. The summed E-state index contributed by atoms with van der Waals surface area (Å²) >= 11 is 0. The van der Waals surface area contributed by atoms with Gasteiger partial charge < -0.3 is 15.4 Å². The van der Waals surface area contributed by atoms with E-state index < -0.39 is 0 Å². The van der Waals surface area contributed by atoms with Gasteiger partial charge in [-0.15, -0.1) is 0 Å². The monoisotopic (exact) mass is 216 g/mol. The summed E-state index contributed by atoms with van der Waals surface area (Å²) in [6.07, 6.45) is 0. The predicted molar refractivity (Wildman–Crippen MR) is 61.1 cm³/mol. The van der Waals surface area contributed by atoms with Crippen molar-refractivity contribution in [1.29, 1.82) is 0 Å². The van der Waals surface area contributed by atoms with Gasteiger partial charge in [0, 0.05) is 24.0 Å². The summed E-state index contributed by atoms with van der Waals surface area (Å²) < 4.78 is 1.69. The summed E-state index contributed by atoms with van der Waals surface area (Å²) in [6, 6.07) is 6.95. The molecular weight excluding hydrogens is 204 g/mol. The van der Waals surface area contributed by atoms with Crippen LogP contribution in [0.25, 0.3) is 10.9 Å². The second-order valence-electron chi connectivity index (χ2n) is 4.12. The number of hydrogen-bond donors (Lipinski definition) is 2. The van der Waals surface area contributed by atoms with Gasteiger partial charge in [-0.25, -0.2) is 0 Å². The third kappa shape index (κ3) is 1.08. The van der Waals surface area contributed by atoms with Crippen LogP contribution in [0.5, 0.6) is 0 Å². The van der Waals surface area contributed by atoms with Crippen molar-refractivity contribution in [2.75, 3.05) is 0 Å². The molecule has 0 radical (unpaired) electrons. The third-order valence-corrected chi connectivity index (χ3v) is 3.22. The quantitative estimate of drug-likeness (QED) is 0.729. The fraction of sp³-hybridized carbons (Fsp3) is 0.250. The Hall–Kier alpha value is -1.65. The van der Waals surface area contributed by atoms with Crippen molar-refractivity contribution in [1.82, 2.24) is 4.57 Å². The molecule has 0 fully saturated rings. The lowest BCUT2D eigenvalue weighted by atomic mass is 10.0. The van der Waals surface area contributed by atoms with Gasteiger partial charge in [0.1, 0.15) is 0 Å². The van der Waals surface area contributed by atoms with E-state index in [0.29, 0.717) is 6.54 Å². The topological polar surface area (TPSA) is 68.2 Å². The molecule has 4 heteroatoms. The zero-order valence-corrected chi connectivity index (χ0v) is 8.68. The first-order valence-corrected chi connectivity index (χ1v) is 5.24. The van der Waals surface area contributed by atoms with Crippen LogP contribution < -0.4 is 11.3 Å². The maximum absolute atomic E-state index is 11.7. The molecule has 1 aliphatic rings. The summed E-state index contributed by atoms with van der Waals surface area (Å²) in [6.45, 7) is 0.505. The van der Waals surface area contributed by atoms with E-state index in [4.69, 9.17) is 5.73 Å². The van der Waals surface area contributed by atoms with Crippen LogP contribution in [0.4, 0.5) is 0 Å². The summed E-state index contributed by atoms with van der Waals surface area (Å²) in [4.78, 5) is 11.7. The molecule has 0 saturated heterocycles. The molecule has 2 heterocycles. The standard InChI is InChI=1S/C12H12N2O2/c13-10-5-14-11(16)4-3-8-7(6-15)1-2-9(10)12(8)14/h1-4,10,15H,5-6,13H2/t10-/m0/s1. The number of aromatic nitrogens is 1. The van der Waals surface area contributed by atoms with Crippen molar-refractivity contribution in [3.63, 3.8) is 0 Å². The van der Waals surface area contributed by atoms with E-state index in [-0.39, 0.29) is 18.2 Å². The Bertz CT molecular complexity index is 631. The molecule has 0 aliphatic carbocycles. The normalized spacial score (nSPS) is 18.2. The second kappa shape index (κ2) is 3.17. The molecular formula is C12H12N2O2. The first kappa shape index (κ1) is 9.57. The van der Waals surface area contributed by atoms with E-state index in [0.717, 1.165) is 22.0 Å². The number of benzene rings is 1. The van der Waals surface area contributed by atoms with Crippen LogP contribution in [0.3, 0.4) is 0 Å². The highest BCUT2D eigenvalue weighted by Gasteiger charge is 2.22. The molecule has 1 atom stereocenters. The van der Waals surface area contributed by atoms with E-state index in [1.807, 2.05) is 12.1 Å². The van der Waals surface area contributed by atoms with Gasteiger partial charge in [-0.2, -0.15) is 0 Å². The zero-order chi connectivity index (χ0) is 11.3. The lowest BCUT2D eigenvalue weighted by Crippen LogP contribution is -2.19. The molecule has 0 bridgehead atoms. The molecule has 16 heavy (non-hydrogen) atoms. The Kier molecular flexibility index (Phi) is 1.89. The van der Waals surface area contributed by atoms with E-state index in [9.17, 15) is 9.90 Å². The summed E-state index contributed by atoms with van der Waals surface area (Å²) in [5.41, 5.74) is 8.65. The van der Waals surface area contributed by atoms with Gasteiger partial charge in [0.25, 0.3) is 5.56 Å². The Morgan fingerprint density at radius 2 is 2.19 bits per heavy atom. The first-order chi connectivity index (χ1) is 7.72. The van der Waals surface area contributed by atoms with Gasteiger partial charge in [0.05, 0.1) is 12.1 Å². The summed E-state index contributed by atoms with van der Waals surface area (Å²) in [7, 11) is 0. The molecule has 3 N–H and O–H groups in total. The van der Waals surface area contributed by atoms with E-state index in [2.05, 4.69) is 0 Å². The van der Waals surface area contributed by atoms with E-state index in [1.54, 1.807) is 10.6 Å². The molecule has 0 spiro atoms. The Morgan fingerprint density at radius 1 is 1.38 bits per heavy atom. The van der Waals surface area contributed by atoms with Crippen LogP contribution in [0.15, 0.2) is 29.1 Å². The van der Waals surface area contributed by atoms with Gasteiger partial charge in [-0.3, -0.25) is 4.79 Å². The molecule has 82 valence electrons. The molecule has 1 aromatic heterocycles. The van der Waals surface area contributed by atoms with Crippen molar-refractivity contribution in [2.24, 2.45) is 5.73 Å². The average Bonchev–Trinajstić information content (AvgIpc) is 2.63. The van der Waals surface area contributed by atoms with Gasteiger partial charge in [-0.05, 0) is 17.2 Å². The number of hydrogen-bond acceptors (Lipinski definition) is 3. The number of pyridine rings is 1. The molecule has 0 amide bonds. The fourth-order valence-corrected chi connectivity index (χ4v) is 2.42. The first-order valence-electron chi connectivity index (χ1n) is 5.24. The van der Waals surface area contributed by atoms with Crippen LogP contribution >= 0.6 is 0 Å². The fourth-order valence-electron chi connectivity index (χ4n) is 2.42. The van der Waals surface area contributed by atoms with Crippen molar-refractivity contribution < 1.29 is 5.11 Å². The minimum atomic E-state index is -0.120. The van der Waals surface area contributed by atoms with Crippen LogP contribution in [0.1, 0.15) is 17.2 Å². The maximum Gasteiger partial charge on any atom is 0.251 e. The number of rotatable bonds is 1. The third-order valence-electron chi connectivity index (χ3n) is 3.22. The largest absolute Gasteiger partial charge is 0.392 e. The summed E-state index contributed by atoms with van der Waals surface area (Å²) in [5, 5.41) is 10.2. The van der Waals surface area contributed by atoms with Gasteiger partial charge in [0.2, 0.25) is 0 Å². The minimum Gasteiger partial charge on any atom is -0.392 e. The molecule has 1 aromatic carbocycles. The number of aliphatic hydroxyl groups excluding tert-OH is 1. The number of aliphatic hydroxyl groups is 1. The van der Waals surface area contributed by atoms with Crippen LogP contribution in [-0.2, 0) is 13.2 Å². The van der Waals surface area contributed by atoms with Crippen LogP contribution in [0.2, 0.25) is 0 Å². The number of nitrogens with two attached hydrogens (primary N) is 1. The zero-order valence-electron chi connectivity index (χ0n) is 8.68. The van der Waals surface area contributed by atoms with Crippen LogP contribution in [-0.4, -0.2) is 9.67 Å². The van der Waals surface area contributed by atoms with E-state index in [1.165, 1.54) is 6.07 Å². The molecule has 1 aliphatic heterocycles. The van der Waals surface area contributed by atoms with Crippen molar-refractivity contribution in [3.05, 3.63) is 45.7 Å². The highest BCUT2D eigenvalue weighted by atomic mass is 16.3. The van der Waals surface area contributed by atoms with Crippen molar-refractivity contribution in [3.8, 4) is 0 Å². The summed E-state index contributed by atoms with van der Waals surface area (Å²) in [5.74, 6) is 0. The van der Waals surface area contributed by atoms with Crippen molar-refractivity contribution in [2.45, 2.75) is 19.2 Å². The Balaban J connectivity index is 2.51. The van der Waals surface area contributed by atoms with Gasteiger partial charge >= 0.3 is 0 Å². The second-order valence-corrected chi connectivity index (χ2v) is 4.12. The lowest BCUT2D eigenvalue weighted by molar-refractivity contribution is 0.283. The van der Waals surface area contributed by atoms with Gasteiger partial charge in [0.15, 0.2) is 0 Å². The van der Waals surface area contributed by atoms with Crippen molar-refractivity contribution >= 4 is 10.9 Å². The Labute approximate surface area is 91.9 Å². The van der Waals surface area contributed by atoms with Crippen LogP contribution in [0, 0.1) is 0 Å². The minimum absolute atomic E-state index is 0.0236. The Morgan fingerprint density at radius 3 is 2.94 bits per heavy atom. The average molecular weight is 216 g/mol. The maximum atomic E-state index is 11.7. The SMILES string of the molecule is N[C@H]1Cn2c(=O)ccc3c(CO)ccc1c32. The predicted octanol–water partition coefficient (Wildman–Crippen LogP) is 0.507. The highest BCUT2D eigenvalue weighted by molar-refractivity contribution is 5.87. The molecule has 3 rings (SSSR count). The lowest BCUT2D eigenvalue weighted by Gasteiger charge is -2.07. The van der Waals surface area contributed by atoms with Gasteiger partial charge in [-0.1, -0.05) is 12.1 Å². The smallest absolute Gasteiger partial charge is 0.251 e. The molecule has 4 nitrogen and oxygen atoms in total. The highest BCUT2D eigenvalue weighted by Crippen LogP contribution is 2.31.